The molecule has 1 aromatic rings. The van der Waals surface area contributed by atoms with Gasteiger partial charge in [0.15, 0.2) is 5.15 Å². The highest BCUT2D eigenvalue weighted by Gasteiger charge is 2.33. The van der Waals surface area contributed by atoms with E-state index in [-0.39, 0.29) is 6.04 Å². The van der Waals surface area contributed by atoms with Crippen LogP contribution in [0, 0.1) is 5.41 Å². The molecule has 1 aliphatic heterocycles. The molecule has 6 heteroatoms. The number of hydrazone groups is 1. The predicted molar refractivity (Wildman–Crippen MR) is 77.5 cm³/mol. The Morgan fingerprint density at radius 1 is 1.53 bits per heavy atom. The first-order chi connectivity index (χ1) is 9.09. The highest BCUT2D eigenvalue weighted by molar-refractivity contribution is 6.52. The molecule has 2 aliphatic rings. The standard InChI is InChI=1S/C13H16ClN5/c1-7-11(18-17-8-3-4-8)10(15)9-5-6-16-13(14)12(9)19(7)2/h5-8,15,17H,3-4H2,1-2H3/b15-10?,18-11-. The van der Waals surface area contributed by atoms with Gasteiger partial charge in [0.25, 0.3) is 0 Å². The Morgan fingerprint density at radius 3 is 2.95 bits per heavy atom. The van der Waals surface area contributed by atoms with Crippen molar-refractivity contribution < 1.29 is 0 Å². The van der Waals surface area contributed by atoms with Crippen molar-refractivity contribution in [2.45, 2.75) is 31.8 Å². The molecule has 19 heavy (non-hydrogen) atoms. The van der Waals surface area contributed by atoms with E-state index in [0.29, 0.717) is 16.9 Å². The molecule has 1 atom stereocenters. The normalized spacial score (nSPS) is 24.6. The first-order valence-corrected chi connectivity index (χ1v) is 6.77. The van der Waals surface area contributed by atoms with Gasteiger partial charge in [-0.15, -0.1) is 0 Å². The van der Waals surface area contributed by atoms with Crippen molar-refractivity contribution in [3.8, 4) is 0 Å². The minimum atomic E-state index is 0.00736. The molecule has 1 aliphatic carbocycles. The Morgan fingerprint density at radius 2 is 2.26 bits per heavy atom. The molecule has 5 nitrogen and oxygen atoms in total. The number of aromatic nitrogens is 1. The summed E-state index contributed by atoms with van der Waals surface area (Å²) in [6.45, 7) is 2.02. The van der Waals surface area contributed by atoms with Crippen molar-refractivity contribution in [1.82, 2.24) is 10.4 Å². The van der Waals surface area contributed by atoms with Crippen LogP contribution in [0.2, 0.25) is 5.15 Å². The number of nitrogens with zero attached hydrogens (tertiary/aromatic N) is 3. The average molecular weight is 278 g/mol. The van der Waals surface area contributed by atoms with Crippen molar-refractivity contribution in [3.63, 3.8) is 0 Å². The molecule has 100 valence electrons. The zero-order chi connectivity index (χ0) is 13.6. The summed E-state index contributed by atoms with van der Waals surface area (Å²) in [5.74, 6) is 0. The lowest BCUT2D eigenvalue weighted by atomic mass is 9.94. The summed E-state index contributed by atoms with van der Waals surface area (Å²) in [7, 11) is 1.95. The third-order valence-electron chi connectivity index (χ3n) is 3.68. The molecule has 1 fully saturated rings. The van der Waals surface area contributed by atoms with Crippen LogP contribution in [-0.2, 0) is 0 Å². The van der Waals surface area contributed by atoms with Crippen LogP contribution in [0.3, 0.4) is 0 Å². The summed E-state index contributed by atoms with van der Waals surface area (Å²) >= 11 is 6.15. The second-order valence-electron chi connectivity index (χ2n) is 5.06. The maximum Gasteiger partial charge on any atom is 0.152 e. The summed E-state index contributed by atoms with van der Waals surface area (Å²) < 4.78 is 0. The number of pyridine rings is 1. The highest BCUT2D eigenvalue weighted by Crippen LogP contribution is 2.33. The minimum Gasteiger partial charge on any atom is -0.363 e. The zero-order valence-corrected chi connectivity index (χ0v) is 11.7. The first kappa shape index (κ1) is 12.4. The molecule has 0 saturated heterocycles. The van der Waals surface area contributed by atoms with Gasteiger partial charge in [-0.25, -0.2) is 4.98 Å². The second kappa shape index (κ2) is 4.49. The number of hydrogen-bond donors (Lipinski definition) is 2. The van der Waals surface area contributed by atoms with E-state index >= 15 is 0 Å². The number of halogens is 1. The Balaban J connectivity index is 2.02. The number of anilines is 1. The van der Waals surface area contributed by atoms with Gasteiger partial charge >= 0.3 is 0 Å². The number of hydrogen-bond acceptors (Lipinski definition) is 5. The van der Waals surface area contributed by atoms with Gasteiger partial charge in [-0.1, -0.05) is 11.6 Å². The summed E-state index contributed by atoms with van der Waals surface area (Å²) in [6.07, 6.45) is 3.97. The lowest BCUT2D eigenvalue weighted by molar-refractivity contribution is 0.725. The van der Waals surface area contributed by atoms with E-state index in [0.717, 1.165) is 17.0 Å². The first-order valence-electron chi connectivity index (χ1n) is 6.39. The Hall–Kier alpha value is -1.62. The largest absolute Gasteiger partial charge is 0.363 e. The molecule has 1 aromatic heterocycles. The van der Waals surface area contributed by atoms with Crippen molar-refractivity contribution in [1.29, 1.82) is 5.41 Å². The van der Waals surface area contributed by atoms with E-state index in [1.807, 2.05) is 24.9 Å². The Labute approximate surface area is 117 Å². The lowest BCUT2D eigenvalue weighted by Gasteiger charge is -2.35. The molecular formula is C13H16ClN5. The number of nitrogens with one attached hydrogen (secondary N) is 2. The van der Waals surface area contributed by atoms with Gasteiger partial charge in [0.05, 0.1) is 17.4 Å². The van der Waals surface area contributed by atoms with Crippen LogP contribution in [0.4, 0.5) is 5.69 Å². The van der Waals surface area contributed by atoms with Gasteiger partial charge in [0, 0.05) is 24.8 Å². The molecule has 3 rings (SSSR count). The smallest absolute Gasteiger partial charge is 0.152 e. The van der Waals surface area contributed by atoms with Gasteiger partial charge in [0.2, 0.25) is 0 Å². The van der Waals surface area contributed by atoms with Crippen LogP contribution in [0.25, 0.3) is 0 Å². The van der Waals surface area contributed by atoms with Gasteiger partial charge in [-0.3, -0.25) is 5.41 Å². The molecule has 2 N–H and O–H groups in total. The molecule has 2 heterocycles. The van der Waals surface area contributed by atoms with Crippen molar-refractivity contribution in [3.05, 3.63) is 23.0 Å². The third kappa shape index (κ3) is 2.08. The Bertz CT molecular complexity index is 564. The highest BCUT2D eigenvalue weighted by atomic mass is 35.5. The lowest BCUT2D eigenvalue weighted by Crippen LogP contribution is -2.46. The van der Waals surface area contributed by atoms with Gasteiger partial charge in [-0.2, -0.15) is 5.10 Å². The molecule has 0 spiro atoms. The molecule has 0 amide bonds. The van der Waals surface area contributed by atoms with Crippen molar-refractivity contribution in [2.24, 2.45) is 5.10 Å². The van der Waals surface area contributed by atoms with E-state index in [4.69, 9.17) is 17.0 Å². The molecule has 1 saturated carbocycles. The van der Waals surface area contributed by atoms with Crippen molar-refractivity contribution >= 4 is 28.7 Å². The molecular weight excluding hydrogens is 262 g/mol. The summed E-state index contributed by atoms with van der Waals surface area (Å²) in [5, 5.41) is 13.2. The van der Waals surface area contributed by atoms with Crippen LogP contribution >= 0.6 is 11.6 Å². The van der Waals surface area contributed by atoms with Gasteiger partial charge in [0.1, 0.15) is 5.71 Å². The fourth-order valence-corrected chi connectivity index (χ4v) is 2.50. The maximum atomic E-state index is 8.33. The molecule has 0 bridgehead atoms. The van der Waals surface area contributed by atoms with Crippen LogP contribution in [0.15, 0.2) is 17.4 Å². The zero-order valence-electron chi connectivity index (χ0n) is 10.9. The molecule has 0 aromatic carbocycles. The third-order valence-corrected chi connectivity index (χ3v) is 3.96. The van der Waals surface area contributed by atoms with Gasteiger partial charge in [-0.05, 0) is 25.8 Å². The fraction of sp³-hybridized carbons (Fsp3) is 0.462. The van der Waals surface area contributed by atoms with E-state index in [9.17, 15) is 0 Å². The van der Waals surface area contributed by atoms with Gasteiger partial charge < -0.3 is 10.3 Å². The number of rotatable bonds is 2. The Kier molecular flexibility index (Phi) is 2.93. The summed E-state index contributed by atoms with van der Waals surface area (Å²) in [6, 6.07) is 2.31. The monoisotopic (exact) mass is 277 g/mol. The van der Waals surface area contributed by atoms with E-state index < -0.39 is 0 Å². The van der Waals surface area contributed by atoms with Crippen LogP contribution < -0.4 is 10.3 Å². The van der Waals surface area contributed by atoms with E-state index in [2.05, 4.69) is 15.5 Å². The summed E-state index contributed by atoms with van der Waals surface area (Å²) in [5.41, 5.74) is 5.91. The van der Waals surface area contributed by atoms with E-state index in [1.165, 1.54) is 12.8 Å². The van der Waals surface area contributed by atoms with Crippen LogP contribution in [0.5, 0.6) is 0 Å². The van der Waals surface area contributed by atoms with Crippen molar-refractivity contribution in [2.75, 3.05) is 11.9 Å². The molecule has 1 unspecified atom stereocenters. The maximum absolute atomic E-state index is 8.33. The average Bonchev–Trinajstić information content (AvgIpc) is 3.20. The second-order valence-corrected chi connectivity index (χ2v) is 5.42. The molecule has 0 radical (unpaired) electrons. The topological polar surface area (TPSA) is 64.4 Å². The fourth-order valence-electron chi connectivity index (χ4n) is 2.21. The predicted octanol–water partition coefficient (Wildman–Crippen LogP) is 2.05. The van der Waals surface area contributed by atoms with E-state index in [1.54, 1.807) is 6.20 Å². The van der Waals surface area contributed by atoms with Crippen LogP contribution in [0.1, 0.15) is 25.3 Å². The SMILES string of the molecule is CC1/C(=N/NC2CC2)C(=N)c2ccnc(Cl)c2N1C. The summed E-state index contributed by atoms with van der Waals surface area (Å²) in [4.78, 5) is 6.12. The number of fused-ring (bicyclic) bond motifs is 1. The quantitative estimate of drug-likeness (QED) is 0.642. The van der Waals surface area contributed by atoms with Crippen LogP contribution in [-0.4, -0.2) is 35.5 Å². The minimum absolute atomic E-state index is 0.00736.